The van der Waals surface area contributed by atoms with Crippen LogP contribution in [-0.4, -0.2) is 26.7 Å². The van der Waals surface area contributed by atoms with E-state index in [0.29, 0.717) is 22.2 Å². The highest BCUT2D eigenvalue weighted by molar-refractivity contribution is 7.80. The summed E-state index contributed by atoms with van der Waals surface area (Å²) in [6.45, 7) is 3.84. The van der Waals surface area contributed by atoms with Gasteiger partial charge in [0.2, 0.25) is 0 Å². The Morgan fingerprint density at radius 2 is 1.84 bits per heavy atom. The molecule has 2 aromatic carbocycles. The molecule has 1 fully saturated rings. The molecule has 10 heteroatoms. The predicted molar refractivity (Wildman–Crippen MR) is 143 cm³/mol. The number of non-ortho nitro benzene ring substituents is 1. The van der Waals surface area contributed by atoms with Gasteiger partial charge in [0.05, 0.1) is 41.2 Å². The van der Waals surface area contributed by atoms with Gasteiger partial charge < -0.3 is 19.5 Å². The van der Waals surface area contributed by atoms with E-state index in [0.717, 1.165) is 22.6 Å². The lowest BCUT2D eigenvalue weighted by atomic mass is 9.96. The molecule has 2 aromatic heterocycles. The van der Waals surface area contributed by atoms with Gasteiger partial charge in [-0.2, -0.15) is 0 Å². The molecule has 188 valence electrons. The Hall–Kier alpha value is -4.31. The molecule has 0 radical (unpaired) electrons. The van der Waals surface area contributed by atoms with E-state index in [1.807, 2.05) is 42.7 Å². The van der Waals surface area contributed by atoms with Crippen molar-refractivity contribution in [1.29, 1.82) is 0 Å². The first-order valence-electron chi connectivity index (χ1n) is 11.6. The maximum atomic E-state index is 15.1. The molecule has 1 aliphatic heterocycles. The van der Waals surface area contributed by atoms with Crippen molar-refractivity contribution in [1.82, 2.24) is 14.9 Å². The minimum absolute atomic E-state index is 0.0482. The van der Waals surface area contributed by atoms with E-state index >= 15 is 4.39 Å². The summed E-state index contributed by atoms with van der Waals surface area (Å²) in [5.41, 5.74) is 4.11. The lowest BCUT2D eigenvalue weighted by Gasteiger charge is -2.28. The summed E-state index contributed by atoms with van der Waals surface area (Å²) in [4.78, 5) is 17.4. The van der Waals surface area contributed by atoms with Crippen LogP contribution < -0.4 is 15.0 Å². The molecule has 37 heavy (non-hydrogen) atoms. The summed E-state index contributed by atoms with van der Waals surface area (Å²) in [6.07, 6.45) is 1.71. The van der Waals surface area contributed by atoms with Crippen LogP contribution in [0.5, 0.6) is 5.75 Å². The average molecular weight is 518 g/mol. The monoisotopic (exact) mass is 517 g/mol. The summed E-state index contributed by atoms with van der Waals surface area (Å²) in [7, 11) is 1.52. The van der Waals surface area contributed by atoms with Crippen molar-refractivity contribution in [3.05, 3.63) is 112 Å². The van der Waals surface area contributed by atoms with Gasteiger partial charge in [-0.05, 0) is 68.0 Å². The number of anilines is 1. The zero-order valence-corrected chi connectivity index (χ0v) is 21.2. The van der Waals surface area contributed by atoms with Crippen LogP contribution in [0.2, 0.25) is 0 Å². The van der Waals surface area contributed by atoms with E-state index in [9.17, 15) is 10.1 Å². The molecule has 0 amide bonds. The molecular weight excluding hydrogens is 493 g/mol. The average Bonchev–Trinajstić information content (AvgIpc) is 3.39. The number of methoxy groups -OCH3 is 1. The fourth-order valence-corrected chi connectivity index (χ4v) is 5.34. The minimum atomic E-state index is -0.441. The van der Waals surface area contributed by atoms with E-state index in [4.69, 9.17) is 17.0 Å². The van der Waals surface area contributed by atoms with Crippen LogP contribution in [0.1, 0.15) is 34.7 Å². The first kappa shape index (κ1) is 24.4. The zero-order chi connectivity index (χ0) is 26.3. The van der Waals surface area contributed by atoms with Gasteiger partial charge in [0, 0.05) is 29.7 Å². The lowest BCUT2D eigenvalue weighted by molar-refractivity contribution is -0.384. The van der Waals surface area contributed by atoms with Crippen molar-refractivity contribution in [2.24, 2.45) is 0 Å². The number of nitro groups is 1. The third-order valence-corrected chi connectivity index (χ3v) is 6.93. The number of aryl methyl sites for hydroxylation is 1. The van der Waals surface area contributed by atoms with Crippen molar-refractivity contribution in [3.8, 4) is 11.4 Å². The molecule has 0 saturated carbocycles. The van der Waals surface area contributed by atoms with E-state index in [1.54, 1.807) is 35.4 Å². The summed E-state index contributed by atoms with van der Waals surface area (Å²) >= 11 is 5.72. The number of hydrogen-bond acceptors (Lipinski definition) is 5. The predicted octanol–water partition coefficient (Wildman–Crippen LogP) is 5.72. The van der Waals surface area contributed by atoms with E-state index < -0.39 is 16.8 Å². The standard InChI is InChI=1S/C27H24FN5O3S/c1-16-14-19(17(2)31(16)23-15-18(33(34)35)11-12-24(23)36-3)26-25(21-9-6-7-13-29-21)30-27(37)32(26)22-10-5-4-8-20(22)28/h4-15,25-26H,1-3H3,(H,30,37)/t25-,26-/m0/s1. The Morgan fingerprint density at radius 3 is 2.51 bits per heavy atom. The molecule has 2 atom stereocenters. The third-order valence-electron chi connectivity index (χ3n) is 6.61. The van der Waals surface area contributed by atoms with Crippen LogP contribution >= 0.6 is 12.2 Å². The second-order valence-corrected chi connectivity index (χ2v) is 9.11. The maximum absolute atomic E-state index is 15.1. The quantitative estimate of drug-likeness (QED) is 0.199. The number of hydrogen-bond donors (Lipinski definition) is 1. The number of rotatable bonds is 6. The van der Waals surface area contributed by atoms with Gasteiger partial charge in [-0.15, -0.1) is 0 Å². The van der Waals surface area contributed by atoms with Crippen molar-refractivity contribution >= 4 is 28.7 Å². The zero-order valence-electron chi connectivity index (χ0n) is 20.4. The van der Waals surface area contributed by atoms with Crippen molar-refractivity contribution in [2.75, 3.05) is 12.0 Å². The molecule has 0 aliphatic carbocycles. The van der Waals surface area contributed by atoms with E-state index in [2.05, 4.69) is 10.3 Å². The second kappa shape index (κ2) is 9.62. The van der Waals surface area contributed by atoms with Crippen molar-refractivity contribution in [3.63, 3.8) is 0 Å². The van der Waals surface area contributed by atoms with Crippen molar-refractivity contribution < 1.29 is 14.1 Å². The molecule has 0 spiro atoms. The number of para-hydroxylation sites is 1. The number of ether oxygens (including phenoxy) is 1. The first-order chi connectivity index (χ1) is 17.8. The maximum Gasteiger partial charge on any atom is 0.271 e. The van der Waals surface area contributed by atoms with E-state index in [-0.39, 0.29) is 11.7 Å². The summed E-state index contributed by atoms with van der Waals surface area (Å²) in [5.74, 6) is 0.0961. The molecule has 1 aliphatic rings. The summed E-state index contributed by atoms with van der Waals surface area (Å²) in [6, 6.07) is 17.8. The number of pyridine rings is 1. The van der Waals surface area contributed by atoms with Crippen LogP contribution in [0.3, 0.4) is 0 Å². The molecule has 8 nitrogen and oxygen atoms in total. The largest absolute Gasteiger partial charge is 0.495 e. The Morgan fingerprint density at radius 1 is 1.08 bits per heavy atom. The van der Waals surface area contributed by atoms with Gasteiger partial charge in [-0.1, -0.05) is 18.2 Å². The smallest absolute Gasteiger partial charge is 0.271 e. The first-order valence-corrected chi connectivity index (χ1v) is 12.0. The Kier molecular flexibility index (Phi) is 6.34. The number of benzene rings is 2. The number of nitro benzene ring substituents is 1. The Labute approximate surface area is 218 Å². The summed E-state index contributed by atoms with van der Waals surface area (Å²) < 4.78 is 22.5. The van der Waals surface area contributed by atoms with Crippen LogP contribution in [0.4, 0.5) is 15.8 Å². The van der Waals surface area contributed by atoms with Gasteiger partial charge in [0.15, 0.2) is 5.11 Å². The fraction of sp³-hybridized carbons (Fsp3) is 0.185. The van der Waals surface area contributed by atoms with Crippen LogP contribution in [0.15, 0.2) is 72.9 Å². The number of aromatic nitrogens is 2. The number of nitrogens with one attached hydrogen (secondary N) is 1. The van der Waals surface area contributed by atoms with Crippen LogP contribution in [0.25, 0.3) is 5.69 Å². The molecule has 4 aromatic rings. The highest BCUT2D eigenvalue weighted by Crippen LogP contribution is 2.45. The summed E-state index contributed by atoms with van der Waals surface area (Å²) in [5, 5.41) is 15.2. The Balaban J connectivity index is 1.72. The van der Waals surface area contributed by atoms with Gasteiger partial charge >= 0.3 is 0 Å². The van der Waals surface area contributed by atoms with Gasteiger partial charge in [-0.25, -0.2) is 4.39 Å². The van der Waals surface area contributed by atoms with Gasteiger partial charge in [0.1, 0.15) is 11.6 Å². The number of nitrogens with zero attached hydrogens (tertiary/aromatic N) is 4. The molecule has 1 N–H and O–H groups in total. The lowest BCUT2D eigenvalue weighted by Crippen LogP contribution is -2.30. The molecule has 3 heterocycles. The second-order valence-electron chi connectivity index (χ2n) is 8.72. The third kappa shape index (κ3) is 4.19. The van der Waals surface area contributed by atoms with Crippen LogP contribution in [0, 0.1) is 29.8 Å². The molecule has 1 saturated heterocycles. The molecule has 5 rings (SSSR count). The van der Waals surface area contributed by atoms with Gasteiger partial charge in [-0.3, -0.25) is 15.1 Å². The minimum Gasteiger partial charge on any atom is -0.495 e. The Bertz CT molecular complexity index is 1510. The highest BCUT2D eigenvalue weighted by Gasteiger charge is 2.43. The highest BCUT2D eigenvalue weighted by atomic mass is 32.1. The molecule has 0 unspecified atom stereocenters. The normalized spacial score (nSPS) is 17.1. The number of halogens is 1. The van der Waals surface area contributed by atoms with Gasteiger partial charge in [0.25, 0.3) is 5.69 Å². The number of thiocarbonyl (C=S) groups is 1. The van der Waals surface area contributed by atoms with Crippen molar-refractivity contribution in [2.45, 2.75) is 25.9 Å². The SMILES string of the molecule is COc1ccc([N+](=O)[O-])cc1-n1c(C)cc([C@H]2[C@H](c3ccccn3)NC(=S)N2c2ccccc2F)c1C. The van der Waals surface area contributed by atoms with E-state index in [1.165, 1.54) is 25.3 Å². The molecular formula is C27H24FN5O3S. The molecule has 0 bridgehead atoms. The van der Waals surface area contributed by atoms with Crippen LogP contribution in [-0.2, 0) is 0 Å². The topological polar surface area (TPSA) is 85.5 Å². The fourth-order valence-electron chi connectivity index (χ4n) is 5.00.